The molecule has 0 aliphatic carbocycles. The van der Waals surface area contributed by atoms with E-state index < -0.39 is 0 Å². The zero-order valence-corrected chi connectivity index (χ0v) is 14.5. The zero-order chi connectivity index (χ0) is 17.5. The van der Waals surface area contributed by atoms with Crippen molar-refractivity contribution >= 4 is 12.6 Å². The summed E-state index contributed by atoms with van der Waals surface area (Å²) in [6, 6.07) is 17.7. The molecule has 2 aromatic heterocycles. The van der Waals surface area contributed by atoms with Crippen LogP contribution in [0.1, 0.15) is 5.56 Å². The Morgan fingerprint density at radius 3 is 2.16 bits per heavy atom. The van der Waals surface area contributed by atoms with E-state index in [1.165, 1.54) is 11.9 Å². The van der Waals surface area contributed by atoms with Crippen LogP contribution in [0.2, 0.25) is 0 Å². The molecule has 2 aromatic carbocycles. The SMILES string of the molecule is Cc1ccc(S)cc1.c1ccc(-c2noc(-c3cncnc3)n2)cc1. The van der Waals surface area contributed by atoms with Crippen molar-refractivity contribution in [1.29, 1.82) is 0 Å². The van der Waals surface area contributed by atoms with Gasteiger partial charge in [-0.15, -0.1) is 12.6 Å². The quantitative estimate of drug-likeness (QED) is 0.541. The van der Waals surface area contributed by atoms with Gasteiger partial charge in [-0.05, 0) is 19.1 Å². The smallest absolute Gasteiger partial charge is 0.261 e. The topological polar surface area (TPSA) is 64.7 Å². The van der Waals surface area contributed by atoms with Gasteiger partial charge in [-0.2, -0.15) is 4.98 Å². The monoisotopic (exact) mass is 348 g/mol. The van der Waals surface area contributed by atoms with Crippen LogP contribution in [0.25, 0.3) is 22.8 Å². The summed E-state index contributed by atoms with van der Waals surface area (Å²) in [5.74, 6) is 0.980. The van der Waals surface area contributed by atoms with Crippen molar-refractivity contribution in [2.45, 2.75) is 11.8 Å². The van der Waals surface area contributed by atoms with E-state index in [1.807, 2.05) is 54.6 Å². The van der Waals surface area contributed by atoms with Gasteiger partial charge in [0.15, 0.2) is 0 Å². The van der Waals surface area contributed by atoms with Gasteiger partial charge < -0.3 is 4.52 Å². The van der Waals surface area contributed by atoms with Crippen LogP contribution in [-0.2, 0) is 0 Å². The van der Waals surface area contributed by atoms with Crippen LogP contribution in [0, 0.1) is 6.92 Å². The van der Waals surface area contributed by atoms with E-state index in [0.717, 1.165) is 10.5 Å². The maximum absolute atomic E-state index is 5.16. The molecule has 0 spiro atoms. The van der Waals surface area contributed by atoms with E-state index in [4.69, 9.17) is 4.52 Å². The predicted octanol–water partition coefficient (Wildman–Crippen LogP) is 4.48. The molecule has 0 bridgehead atoms. The number of rotatable bonds is 2. The Labute approximate surface area is 151 Å². The summed E-state index contributed by atoms with van der Waals surface area (Å²) in [5.41, 5.74) is 2.91. The van der Waals surface area contributed by atoms with Crippen LogP contribution in [0.4, 0.5) is 0 Å². The molecule has 0 amide bonds. The normalized spacial score (nSPS) is 10.0. The van der Waals surface area contributed by atoms with Gasteiger partial charge in [0.25, 0.3) is 5.89 Å². The molecule has 5 nitrogen and oxygen atoms in total. The third kappa shape index (κ3) is 4.74. The summed E-state index contributed by atoms with van der Waals surface area (Å²) in [6.07, 6.45) is 4.72. The van der Waals surface area contributed by atoms with E-state index in [-0.39, 0.29) is 0 Å². The van der Waals surface area contributed by atoms with Crippen molar-refractivity contribution in [2.75, 3.05) is 0 Å². The number of aromatic nitrogens is 4. The van der Waals surface area contributed by atoms with Crippen molar-refractivity contribution < 1.29 is 4.52 Å². The maximum Gasteiger partial charge on any atom is 0.261 e. The van der Waals surface area contributed by atoms with Gasteiger partial charge in [0.1, 0.15) is 6.33 Å². The first-order valence-corrected chi connectivity index (χ1v) is 8.07. The van der Waals surface area contributed by atoms with Gasteiger partial charge in [0.2, 0.25) is 5.82 Å². The zero-order valence-electron chi connectivity index (χ0n) is 13.6. The Bertz CT molecular complexity index is 834. The summed E-state index contributed by atoms with van der Waals surface area (Å²) in [5, 5.41) is 3.92. The van der Waals surface area contributed by atoms with Gasteiger partial charge in [-0.1, -0.05) is 53.2 Å². The number of hydrogen-bond donors (Lipinski definition) is 1. The number of aryl methyl sites for hydroxylation is 1. The lowest BCUT2D eigenvalue weighted by molar-refractivity contribution is 0.432. The van der Waals surface area contributed by atoms with Gasteiger partial charge in [0, 0.05) is 22.9 Å². The van der Waals surface area contributed by atoms with Crippen molar-refractivity contribution in [2.24, 2.45) is 0 Å². The molecule has 0 aliphatic heterocycles. The number of hydrogen-bond acceptors (Lipinski definition) is 6. The van der Waals surface area contributed by atoms with Crippen molar-refractivity contribution in [3.05, 3.63) is 78.9 Å². The third-order valence-electron chi connectivity index (χ3n) is 3.30. The molecular weight excluding hydrogens is 332 g/mol. The molecule has 0 aliphatic rings. The Balaban J connectivity index is 0.000000192. The molecule has 0 radical (unpaired) electrons. The highest BCUT2D eigenvalue weighted by Crippen LogP contribution is 2.20. The summed E-state index contributed by atoms with van der Waals surface area (Å²) < 4.78 is 5.16. The molecule has 25 heavy (non-hydrogen) atoms. The second-order valence-corrected chi connectivity index (χ2v) is 5.77. The first-order valence-electron chi connectivity index (χ1n) is 7.62. The van der Waals surface area contributed by atoms with Crippen molar-refractivity contribution in [3.63, 3.8) is 0 Å². The minimum absolute atomic E-state index is 0.421. The molecule has 4 aromatic rings. The Morgan fingerprint density at radius 1 is 0.840 bits per heavy atom. The molecule has 0 saturated carbocycles. The minimum Gasteiger partial charge on any atom is -0.333 e. The molecule has 0 unspecified atom stereocenters. The Morgan fingerprint density at radius 2 is 1.52 bits per heavy atom. The molecule has 0 N–H and O–H groups in total. The van der Waals surface area contributed by atoms with Gasteiger partial charge >= 0.3 is 0 Å². The molecule has 4 rings (SSSR count). The molecular formula is C19H16N4OS. The largest absolute Gasteiger partial charge is 0.333 e. The van der Waals surface area contributed by atoms with E-state index in [9.17, 15) is 0 Å². The molecule has 124 valence electrons. The van der Waals surface area contributed by atoms with Gasteiger partial charge in [-0.3, -0.25) is 0 Å². The molecule has 0 saturated heterocycles. The van der Waals surface area contributed by atoms with E-state index >= 15 is 0 Å². The average Bonchev–Trinajstić information content (AvgIpc) is 3.16. The first kappa shape index (κ1) is 16.9. The molecule has 0 fully saturated rings. The lowest BCUT2D eigenvalue weighted by atomic mass is 10.2. The summed E-state index contributed by atoms with van der Waals surface area (Å²) in [6.45, 7) is 2.06. The van der Waals surface area contributed by atoms with Crippen LogP contribution in [0.3, 0.4) is 0 Å². The third-order valence-corrected chi connectivity index (χ3v) is 3.60. The lowest BCUT2D eigenvalue weighted by Crippen LogP contribution is -1.82. The molecule has 0 atom stereocenters. The van der Waals surface area contributed by atoms with Gasteiger partial charge in [-0.25, -0.2) is 9.97 Å². The summed E-state index contributed by atoms with van der Waals surface area (Å²) >= 11 is 4.13. The number of nitrogens with zero attached hydrogens (tertiary/aromatic N) is 4. The average molecular weight is 348 g/mol. The summed E-state index contributed by atoms with van der Waals surface area (Å²) in [7, 11) is 0. The highest BCUT2D eigenvalue weighted by molar-refractivity contribution is 7.80. The van der Waals surface area contributed by atoms with Crippen LogP contribution in [-0.4, -0.2) is 20.1 Å². The van der Waals surface area contributed by atoms with Crippen molar-refractivity contribution in [1.82, 2.24) is 20.1 Å². The Kier molecular flexibility index (Phi) is 5.53. The van der Waals surface area contributed by atoms with E-state index in [2.05, 4.69) is 39.7 Å². The fourth-order valence-electron chi connectivity index (χ4n) is 2.00. The van der Waals surface area contributed by atoms with Gasteiger partial charge in [0.05, 0.1) is 5.56 Å². The Hall–Kier alpha value is -2.99. The maximum atomic E-state index is 5.16. The van der Waals surface area contributed by atoms with Crippen molar-refractivity contribution in [3.8, 4) is 22.8 Å². The highest BCUT2D eigenvalue weighted by Gasteiger charge is 2.10. The van der Waals surface area contributed by atoms with E-state index in [0.29, 0.717) is 17.3 Å². The first-order chi connectivity index (χ1) is 12.2. The highest BCUT2D eigenvalue weighted by atomic mass is 32.1. The predicted molar refractivity (Wildman–Crippen MR) is 99.2 cm³/mol. The van der Waals surface area contributed by atoms with Crippen LogP contribution < -0.4 is 0 Å². The fourth-order valence-corrected chi connectivity index (χ4v) is 2.15. The van der Waals surface area contributed by atoms with Crippen LogP contribution in [0.5, 0.6) is 0 Å². The van der Waals surface area contributed by atoms with Crippen LogP contribution >= 0.6 is 12.6 Å². The number of thiol groups is 1. The second-order valence-electron chi connectivity index (χ2n) is 5.25. The molecule has 2 heterocycles. The summed E-state index contributed by atoms with van der Waals surface area (Å²) in [4.78, 5) is 13.1. The van der Waals surface area contributed by atoms with Crippen LogP contribution in [0.15, 0.2) is 82.7 Å². The lowest BCUT2D eigenvalue weighted by Gasteiger charge is -1.91. The second kappa shape index (κ2) is 8.21. The van der Waals surface area contributed by atoms with E-state index in [1.54, 1.807) is 12.4 Å². The fraction of sp³-hybridized carbons (Fsp3) is 0.0526. The molecule has 6 heteroatoms. The minimum atomic E-state index is 0.421. The standard InChI is InChI=1S/C12H8N4O.C7H8S/c1-2-4-9(5-3-1)11-15-12(17-16-11)10-6-13-8-14-7-10;1-6-2-4-7(8)5-3-6/h1-8H;2-5,8H,1H3. The number of benzene rings is 2.